The van der Waals surface area contributed by atoms with Crippen LogP contribution in [0.1, 0.15) is 28.9 Å². The van der Waals surface area contributed by atoms with Crippen molar-refractivity contribution < 1.29 is 9.59 Å². The third kappa shape index (κ3) is 3.04. The molecule has 4 rings (SSSR count). The number of rotatable bonds is 3. The number of aryl methyl sites for hydroxylation is 1. The van der Waals surface area contributed by atoms with Crippen LogP contribution in [-0.2, 0) is 4.79 Å². The van der Waals surface area contributed by atoms with Gasteiger partial charge in [-0.25, -0.2) is 4.98 Å². The van der Waals surface area contributed by atoms with Crippen molar-refractivity contribution in [3.63, 3.8) is 0 Å². The number of para-hydroxylation sites is 1. The van der Waals surface area contributed by atoms with E-state index in [1.165, 1.54) is 0 Å². The fraction of sp³-hybridized carbons (Fsp3) is 0.190. The summed E-state index contributed by atoms with van der Waals surface area (Å²) in [5.41, 5.74) is 3.68. The largest absolute Gasteiger partial charge is 0.321 e. The lowest BCUT2D eigenvalue weighted by molar-refractivity contribution is -0.117. The molecule has 1 aromatic heterocycles. The molecule has 5 nitrogen and oxygen atoms in total. The van der Waals surface area contributed by atoms with Crippen molar-refractivity contribution in [3.8, 4) is 0 Å². The molecule has 2 heterocycles. The zero-order valence-corrected chi connectivity index (χ0v) is 14.5. The number of benzene rings is 2. The van der Waals surface area contributed by atoms with E-state index < -0.39 is 0 Å². The first-order chi connectivity index (χ1) is 12.6. The Balaban J connectivity index is 1.59. The van der Waals surface area contributed by atoms with Crippen LogP contribution in [0.2, 0.25) is 0 Å². The minimum Gasteiger partial charge on any atom is -0.321 e. The maximum absolute atomic E-state index is 12.6. The Morgan fingerprint density at radius 1 is 1.12 bits per heavy atom. The molecule has 1 saturated heterocycles. The van der Waals surface area contributed by atoms with Crippen LogP contribution in [0.25, 0.3) is 10.9 Å². The van der Waals surface area contributed by atoms with Crippen LogP contribution in [0.3, 0.4) is 0 Å². The Bertz CT molecular complexity index is 1010. The summed E-state index contributed by atoms with van der Waals surface area (Å²) in [6.45, 7) is 2.70. The van der Waals surface area contributed by atoms with Crippen LogP contribution in [0.5, 0.6) is 0 Å². The van der Waals surface area contributed by atoms with Gasteiger partial charge in [-0.2, -0.15) is 0 Å². The van der Waals surface area contributed by atoms with Crippen molar-refractivity contribution in [1.82, 2.24) is 4.98 Å². The average Bonchev–Trinajstić information content (AvgIpc) is 3.08. The highest BCUT2D eigenvalue weighted by Gasteiger charge is 2.23. The fourth-order valence-corrected chi connectivity index (χ4v) is 3.27. The molecule has 26 heavy (non-hydrogen) atoms. The predicted molar refractivity (Wildman–Crippen MR) is 102 cm³/mol. The quantitative estimate of drug-likeness (QED) is 0.782. The summed E-state index contributed by atoms with van der Waals surface area (Å²) in [5.74, 6) is -0.133. The molecular formula is C21H19N3O2. The monoisotopic (exact) mass is 345 g/mol. The first-order valence-corrected chi connectivity index (χ1v) is 8.70. The van der Waals surface area contributed by atoms with Gasteiger partial charge >= 0.3 is 0 Å². The Morgan fingerprint density at radius 3 is 2.77 bits per heavy atom. The predicted octanol–water partition coefficient (Wildman–Crippen LogP) is 3.92. The zero-order chi connectivity index (χ0) is 18.1. The molecule has 0 radical (unpaired) electrons. The second-order valence-electron chi connectivity index (χ2n) is 6.49. The molecule has 0 bridgehead atoms. The van der Waals surface area contributed by atoms with Gasteiger partial charge in [-0.15, -0.1) is 0 Å². The van der Waals surface area contributed by atoms with Gasteiger partial charge in [0.05, 0.1) is 5.52 Å². The number of nitrogens with zero attached hydrogens (tertiary/aromatic N) is 2. The molecule has 0 aliphatic carbocycles. The zero-order valence-electron chi connectivity index (χ0n) is 14.5. The van der Waals surface area contributed by atoms with E-state index >= 15 is 0 Å². The van der Waals surface area contributed by atoms with Crippen molar-refractivity contribution in [3.05, 3.63) is 65.9 Å². The Kier molecular flexibility index (Phi) is 4.13. The third-order valence-corrected chi connectivity index (χ3v) is 4.66. The normalized spacial score (nSPS) is 14.0. The van der Waals surface area contributed by atoms with Gasteiger partial charge in [-0.3, -0.25) is 9.59 Å². The highest BCUT2D eigenvalue weighted by Crippen LogP contribution is 2.28. The highest BCUT2D eigenvalue weighted by atomic mass is 16.2. The summed E-state index contributed by atoms with van der Waals surface area (Å²) in [4.78, 5) is 30.8. The topological polar surface area (TPSA) is 62.3 Å². The summed E-state index contributed by atoms with van der Waals surface area (Å²) in [6.07, 6.45) is 1.45. The van der Waals surface area contributed by atoms with E-state index in [1.807, 2.05) is 55.5 Å². The second kappa shape index (κ2) is 6.59. The number of aromatic nitrogens is 1. The Hall–Kier alpha value is -3.21. The van der Waals surface area contributed by atoms with Gasteiger partial charge in [0.15, 0.2) is 0 Å². The van der Waals surface area contributed by atoms with E-state index in [4.69, 9.17) is 0 Å². The summed E-state index contributed by atoms with van der Waals surface area (Å²) in [5, 5.41) is 3.88. The molecule has 2 amide bonds. The van der Waals surface area contributed by atoms with Crippen LogP contribution < -0.4 is 10.2 Å². The maximum atomic E-state index is 12.6. The summed E-state index contributed by atoms with van der Waals surface area (Å²) in [7, 11) is 0. The number of amides is 2. The third-order valence-electron chi connectivity index (χ3n) is 4.66. The van der Waals surface area contributed by atoms with E-state index in [0.717, 1.165) is 35.1 Å². The highest BCUT2D eigenvalue weighted by molar-refractivity contribution is 6.05. The lowest BCUT2D eigenvalue weighted by atomic mass is 10.1. The maximum Gasteiger partial charge on any atom is 0.274 e. The van der Waals surface area contributed by atoms with Crippen molar-refractivity contribution in [2.45, 2.75) is 19.8 Å². The first-order valence-electron chi connectivity index (χ1n) is 8.70. The van der Waals surface area contributed by atoms with E-state index in [9.17, 15) is 9.59 Å². The van der Waals surface area contributed by atoms with Crippen molar-refractivity contribution >= 4 is 34.1 Å². The number of hydrogen-bond donors (Lipinski definition) is 1. The van der Waals surface area contributed by atoms with Crippen LogP contribution in [0.15, 0.2) is 54.6 Å². The molecule has 0 atom stereocenters. The number of pyridine rings is 1. The van der Waals surface area contributed by atoms with Gasteiger partial charge in [-0.1, -0.05) is 30.3 Å². The van der Waals surface area contributed by atoms with E-state index in [2.05, 4.69) is 10.3 Å². The molecule has 0 spiro atoms. The molecule has 0 saturated carbocycles. The van der Waals surface area contributed by atoms with Crippen molar-refractivity contribution in [2.24, 2.45) is 0 Å². The molecule has 130 valence electrons. The van der Waals surface area contributed by atoms with Crippen molar-refractivity contribution in [2.75, 3.05) is 16.8 Å². The molecule has 1 aliphatic rings. The summed E-state index contributed by atoms with van der Waals surface area (Å²) >= 11 is 0. The molecule has 1 aliphatic heterocycles. The molecule has 3 aromatic rings. The second-order valence-corrected chi connectivity index (χ2v) is 6.49. The SMILES string of the molecule is Cc1ccc(NC(=O)c2ccc3ccccc3n2)cc1N1CCCC1=O. The Labute approximate surface area is 151 Å². The molecule has 1 N–H and O–H groups in total. The van der Waals surface area contributed by atoms with Gasteiger partial charge in [0, 0.05) is 29.7 Å². The van der Waals surface area contributed by atoms with Crippen LogP contribution in [0, 0.1) is 6.92 Å². The lowest BCUT2D eigenvalue weighted by Gasteiger charge is -2.19. The van der Waals surface area contributed by atoms with E-state index in [-0.39, 0.29) is 11.8 Å². The molecule has 5 heteroatoms. The van der Waals surface area contributed by atoms with Gasteiger partial charge in [0.1, 0.15) is 5.69 Å². The van der Waals surface area contributed by atoms with E-state index in [0.29, 0.717) is 17.8 Å². The molecule has 0 unspecified atom stereocenters. The smallest absolute Gasteiger partial charge is 0.274 e. The fourth-order valence-electron chi connectivity index (χ4n) is 3.27. The number of carbonyl (C=O) groups is 2. The van der Waals surface area contributed by atoms with Crippen LogP contribution in [0.4, 0.5) is 11.4 Å². The summed E-state index contributed by atoms with van der Waals surface area (Å²) < 4.78 is 0. The van der Waals surface area contributed by atoms with E-state index in [1.54, 1.807) is 11.0 Å². The van der Waals surface area contributed by atoms with Crippen molar-refractivity contribution in [1.29, 1.82) is 0 Å². The van der Waals surface area contributed by atoms with Gasteiger partial charge in [0.2, 0.25) is 5.91 Å². The molecule has 2 aromatic carbocycles. The molecule has 1 fully saturated rings. The van der Waals surface area contributed by atoms with Crippen LogP contribution in [-0.4, -0.2) is 23.3 Å². The summed E-state index contributed by atoms with van der Waals surface area (Å²) in [6, 6.07) is 16.9. The number of hydrogen-bond acceptors (Lipinski definition) is 3. The van der Waals surface area contributed by atoms with Gasteiger partial charge < -0.3 is 10.2 Å². The van der Waals surface area contributed by atoms with Crippen LogP contribution >= 0.6 is 0 Å². The lowest BCUT2D eigenvalue weighted by Crippen LogP contribution is -2.24. The number of nitrogens with one attached hydrogen (secondary N) is 1. The minimum atomic E-state index is -0.265. The standard InChI is InChI=1S/C21H19N3O2/c1-14-8-10-16(13-19(14)24-12-4-7-20(24)25)22-21(26)18-11-9-15-5-2-3-6-17(15)23-18/h2-3,5-6,8-11,13H,4,7,12H2,1H3,(H,22,26). The Morgan fingerprint density at radius 2 is 1.96 bits per heavy atom. The number of fused-ring (bicyclic) bond motifs is 1. The van der Waals surface area contributed by atoms with Gasteiger partial charge in [-0.05, 0) is 43.2 Å². The average molecular weight is 345 g/mol. The first kappa shape index (κ1) is 16.3. The number of carbonyl (C=O) groups excluding carboxylic acids is 2. The molecular weight excluding hydrogens is 326 g/mol. The minimum absolute atomic E-state index is 0.132. The van der Waals surface area contributed by atoms with Gasteiger partial charge in [0.25, 0.3) is 5.91 Å². The number of anilines is 2.